The molecule has 86 valence electrons. The van der Waals surface area contributed by atoms with Crippen molar-refractivity contribution >= 4 is 5.91 Å². The molecule has 0 aromatic carbocycles. The van der Waals surface area contributed by atoms with Gasteiger partial charge in [-0.05, 0) is 24.7 Å². The molecular formula is C12H21NO2. The number of hydrogen-bond donors (Lipinski definition) is 1. The maximum Gasteiger partial charge on any atom is 0.223 e. The average Bonchev–Trinajstić information content (AvgIpc) is 2.76. The van der Waals surface area contributed by atoms with Crippen molar-refractivity contribution in [2.45, 2.75) is 45.1 Å². The summed E-state index contributed by atoms with van der Waals surface area (Å²) in [6, 6.07) is 0. The third-order valence-electron chi connectivity index (χ3n) is 3.76. The predicted octanol–water partition coefficient (Wildman–Crippen LogP) is 1.41. The van der Waals surface area contributed by atoms with E-state index in [4.69, 9.17) is 0 Å². The number of aliphatic hydroxyl groups excluding tert-OH is 1. The second-order valence-electron chi connectivity index (χ2n) is 5.22. The van der Waals surface area contributed by atoms with E-state index in [-0.39, 0.29) is 12.0 Å². The summed E-state index contributed by atoms with van der Waals surface area (Å²) in [7, 11) is 0. The molecule has 0 spiro atoms. The summed E-state index contributed by atoms with van der Waals surface area (Å²) in [5.41, 5.74) is 0. The standard InChI is InChI=1S/C12H21NO2/c1-9-6-12(15)13(7-9)8-11(14)10-4-2-3-5-10/h9-11,14H,2-8H2,1H3. The number of hydrogen-bond acceptors (Lipinski definition) is 2. The van der Waals surface area contributed by atoms with Crippen molar-refractivity contribution in [1.29, 1.82) is 0 Å². The minimum Gasteiger partial charge on any atom is -0.391 e. The molecule has 1 saturated carbocycles. The molecule has 2 rings (SSSR count). The molecule has 1 saturated heterocycles. The first-order chi connectivity index (χ1) is 7.16. The molecule has 3 nitrogen and oxygen atoms in total. The van der Waals surface area contributed by atoms with Crippen LogP contribution in [0.15, 0.2) is 0 Å². The molecule has 0 bridgehead atoms. The SMILES string of the molecule is CC1CC(=O)N(CC(O)C2CCCC2)C1. The van der Waals surface area contributed by atoms with Crippen molar-refractivity contribution in [2.75, 3.05) is 13.1 Å². The Bertz CT molecular complexity index is 236. The zero-order valence-electron chi connectivity index (χ0n) is 9.48. The summed E-state index contributed by atoms with van der Waals surface area (Å²) in [5.74, 6) is 1.13. The Labute approximate surface area is 91.5 Å². The molecule has 1 heterocycles. The Kier molecular flexibility index (Phi) is 3.29. The van der Waals surface area contributed by atoms with E-state index in [2.05, 4.69) is 6.92 Å². The molecule has 2 atom stereocenters. The topological polar surface area (TPSA) is 40.5 Å². The van der Waals surface area contributed by atoms with E-state index in [1.54, 1.807) is 0 Å². The van der Waals surface area contributed by atoms with Gasteiger partial charge in [-0.3, -0.25) is 4.79 Å². The van der Waals surface area contributed by atoms with Crippen molar-refractivity contribution in [3.05, 3.63) is 0 Å². The normalized spacial score (nSPS) is 30.1. The summed E-state index contributed by atoms with van der Waals surface area (Å²) in [4.78, 5) is 13.4. The molecule has 15 heavy (non-hydrogen) atoms. The quantitative estimate of drug-likeness (QED) is 0.766. The smallest absolute Gasteiger partial charge is 0.223 e. The Morgan fingerprint density at radius 2 is 2.13 bits per heavy atom. The fraction of sp³-hybridized carbons (Fsp3) is 0.917. The maximum absolute atomic E-state index is 11.5. The van der Waals surface area contributed by atoms with Crippen LogP contribution >= 0.6 is 0 Å². The third-order valence-corrected chi connectivity index (χ3v) is 3.76. The number of amides is 1. The number of aliphatic hydroxyl groups is 1. The van der Waals surface area contributed by atoms with Crippen molar-refractivity contribution in [3.8, 4) is 0 Å². The van der Waals surface area contributed by atoms with Crippen LogP contribution in [0.3, 0.4) is 0 Å². The van der Waals surface area contributed by atoms with Gasteiger partial charge < -0.3 is 10.0 Å². The number of carbonyl (C=O) groups is 1. The van der Waals surface area contributed by atoms with Gasteiger partial charge in [-0.1, -0.05) is 19.8 Å². The fourth-order valence-corrected chi connectivity index (χ4v) is 2.86. The molecule has 1 amide bonds. The summed E-state index contributed by atoms with van der Waals surface area (Å²) in [6.07, 6.45) is 5.13. The molecule has 0 aromatic heterocycles. The van der Waals surface area contributed by atoms with Gasteiger partial charge in [-0.25, -0.2) is 0 Å². The van der Waals surface area contributed by atoms with E-state index in [1.165, 1.54) is 12.8 Å². The molecule has 0 radical (unpaired) electrons. The molecule has 3 heteroatoms. The fourth-order valence-electron chi connectivity index (χ4n) is 2.86. The van der Waals surface area contributed by atoms with Gasteiger partial charge in [0.2, 0.25) is 5.91 Å². The highest BCUT2D eigenvalue weighted by Crippen LogP contribution is 2.29. The first kappa shape index (κ1) is 10.9. The van der Waals surface area contributed by atoms with Gasteiger partial charge in [0.05, 0.1) is 6.10 Å². The minimum absolute atomic E-state index is 0.222. The average molecular weight is 211 g/mol. The van der Waals surface area contributed by atoms with Gasteiger partial charge in [0.1, 0.15) is 0 Å². The van der Waals surface area contributed by atoms with Crippen LogP contribution in [0.25, 0.3) is 0 Å². The number of likely N-dealkylation sites (tertiary alicyclic amines) is 1. The molecular weight excluding hydrogens is 190 g/mol. The molecule has 2 aliphatic rings. The maximum atomic E-state index is 11.5. The highest BCUT2D eigenvalue weighted by atomic mass is 16.3. The monoisotopic (exact) mass is 211 g/mol. The zero-order valence-corrected chi connectivity index (χ0v) is 9.48. The molecule has 0 aromatic rings. The number of carbonyl (C=O) groups excluding carboxylic acids is 1. The van der Waals surface area contributed by atoms with Crippen molar-refractivity contribution in [1.82, 2.24) is 4.90 Å². The van der Waals surface area contributed by atoms with E-state index in [1.807, 2.05) is 4.90 Å². The van der Waals surface area contributed by atoms with Crippen LogP contribution in [0.1, 0.15) is 39.0 Å². The third kappa shape index (κ3) is 2.51. The summed E-state index contributed by atoms with van der Waals surface area (Å²) in [6.45, 7) is 3.50. The number of nitrogens with zero attached hydrogens (tertiary/aromatic N) is 1. The number of rotatable bonds is 3. The lowest BCUT2D eigenvalue weighted by molar-refractivity contribution is -0.129. The molecule has 2 fully saturated rings. The van der Waals surface area contributed by atoms with E-state index in [0.717, 1.165) is 19.4 Å². The van der Waals surface area contributed by atoms with Crippen molar-refractivity contribution in [3.63, 3.8) is 0 Å². The second-order valence-corrected chi connectivity index (χ2v) is 5.22. The van der Waals surface area contributed by atoms with Crippen molar-refractivity contribution in [2.24, 2.45) is 11.8 Å². The van der Waals surface area contributed by atoms with Gasteiger partial charge in [0.25, 0.3) is 0 Å². The lowest BCUT2D eigenvalue weighted by Crippen LogP contribution is -2.36. The highest BCUT2D eigenvalue weighted by molar-refractivity contribution is 5.78. The van der Waals surface area contributed by atoms with Crippen LogP contribution in [-0.2, 0) is 4.79 Å². The molecule has 1 aliphatic heterocycles. The zero-order chi connectivity index (χ0) is 10.8. The Hall–Kier alpha value is -0.570. The van der Waals surface area contributed by atoms with Gasteiger partial charge in [-0.15, -0.1) is 0 Å². The van der Waals surface area contributed by atoms with E-state index in [0.29, 0.717) is 24.8 Å². The summed E-state index contributed by atoms with van der Waals surface area (Å²) < 4.78 is 0. The van der Waals surface area contributed by atoms with Crippen LogP contribution in [0.5, 0.6) is 0 Å². The Balaban J connectivity index is 1.83. The van der Waals surface area contributed by atoms with Crippen molar-refractivity contribution < 1.29 is 9.90 Å². The van der Waals surface area contributed by atoms with E-state index < -0.39 is 0 Å². The van der Waals surface area contributed by atoms with Gasteiger partial charge in [0, 0.05) is 19.5 Å². The second kappa shape index (κ2) is 4.52. The highest BCUT2D eigenvalue weighted by Gasteiger charge is 2.31. The van der Waals surface area contributed by atoms with Crippen LogP contribution in [0.2, 0.25) is 0 Å². The summed E-state index contributed by atoms with van der Waals surface area (Å²) >= 11 is 0. The number of β-amino-alcohol motifs (C(OH)–C–C–N with tert-alkyl or cyclic N) is 1. The van der Waals surface area contributed by atoms with E-state index >= 15 is 0 Å². The largest absolute Gasteiger partial charge is 0.391 e. The Morgan fingerprint density at radius 3 is 2.67 bits per heavy atom. The molecule has 1 N–H and O–H groups in total. The van der Waals surface area contributed by atoms with Crippen LogP contribution in [0, 0.1) is 11.8 Å². The lowest BCUT2D eigenvalue weighted by atomic mass is 10.0. The molecule has 2 unspecified atom stereocenters. The first-order valence-corrected chi connectivity index (χ1v) is 6.12. The van der Waals surface area contributed by atoms with E-state index in [9.17, 15) is 9.90 Å². The Morgan fingerprint density at radius 1 is 1.47 bits per heavy atom. The lowest BCUT2D eigenvalue weighted by Gasteiger charge is -2.24. The van der Waals surface area contributed by atoms with Crippen LogP contribution in [-0.4, -0.2) is 35.1 Å². The van der Waals surface area contributed by atoms with Gasteiger partial charge in [-0.2, -0.15) is 0 Å². The van der Waals surface area contributed by atoms with Crippen LogP contribution < -0.4 is 0 Å². The first-order valence-electron chi connectivity index (χ1n) is 6.12. The molecule has 1 aliphatic carbocycles. The predicted molar refractivity (Wildman–Crippen MR) is 58.3 cm³/mol. The summed E-state index contributed by atoms with van der Waals surface area (Å²) in [5, 5.41) is 10.0. The minimum atomic E-state index is -0.290. The van der Waals surface area contributed by atoms with Gasteiger partial charge in [0.15, 0.2) is 0 Å². The van der Waals surface area contributed by atoms with Gasteiger partial charge >= 0.3 is 0 Å². The van der Waals surface area contributed by atoms with Crippen LogP contribution in [0.4, 0.5) is 0 Å².